The largest absolute Gasteiger partial charge is 0.465 e. The fourth-order valence-corrected chi connectivity index (χ4v) is 2.27. The summed E-state index contributed by atoms with van der Waals surface area (Å²) in [6.07, 6.45) is 0. The summed E-state index contributed by atoms with van der Waals surface area (Å²) in [5.74, 6) is -1.35. The Morgan fingerprint density at radius 1 is 0.792 bits per heavy atom. The maximum Gasteiger partial charge on any atom is 0.338 e. The SMILES string of the molecule is COC(=O)c1ccccc1-c1cc(OC(C)=O)ccc1C(=O)OC. The van der Waals surface area contributed by atoms with Gasteiger partial charge in [-0.15, -0.1) is 0 Å². The fraction of sp³-hybridized carbons (Fsp3) is 0.167. The molecular weight excluding hydrogens is 312 g/mol. The molecule has 24 heavy (non-hydrogen) atoms. The van der Waals surface area contributed by atoms with E-state index in [1.54, 1.807) is 24.3 Å². The molecule has 0 aliphatic carbocycles. The van der Waals surface area contributed by atoms with E-state index in [4.69, 9.17) is 14.2 Å². The minimum absolute atomic E-state index is 0.241. The van der Waals surface area contributed by atoms with Crippen LogP contribution in [0.3, 0.4) is 0 Å². The van der Waals surface area contributed by atoms with Crippen LogP contribution in [0.15, 0.2) is 42.5 Å². The molecule has 0 atom stereocenters. The Balaban J connectivity index is 2.68. The van der Waals surface area contributed by atoms with E-state index < -0.39 is 17.9 Å². The highest BCUT2D eigenvalue weighted by atomic mass is 16.5. The monoisotopic (exact) mass is 328 g/mol. The summed E-state index contributed by atoms with van der Waals surface area (Å²) < 4.78 is 14.6. The van der Waals surface area contributed by atoms with Gasteiger partial charge in [0.2, 0.25) is 0 Å². The third-order valence-electron chi connectivity index (χ3n) is 3.28. The first-order chi connectivity index (χ1) is 11.5. The van der Waals surface area contributed by atoms with Gasteiger partial charge >= 0.3 is 17.9 Å². The molecule has 0 aromatic heterocycles. The standard InChI is InChI=1S/C18H16O6/c1-11(19)24-12-8-9-15(18(21)23-3)16(10-12)13-6-4-5-7-14(13)17(20)22-2/h4-10H,1-3H3. The molecule has 0 aliphatic rings. The van der Waals surface area contributed by atoms with Crippen molar-refractivity contribution in [3.05, 3.63) is 53.6 Å². The van der Waals surface area contributed by atoms with Gasteiger partial charge < -0.3 is 14.2 Å². The lowest BCUT2D eigenvalue weighted by atomic mass is 9.95. The molecule has 6 nitrogen and oxygen atoms in total. The van der Waals surface area contributed by atoms with Gasteiger partial charge in [-0.25, -0.2) is 9.59 Å². The zero-order valence-corrected chi connectivity index (χ0v) is 13.5. The molecule has 2 aromatic rings. The maximum atomic E-state index is 12.0. The van der Waals surface area contributed by atoms with E-state index in [9.17, 15) is 14.4 Å². The first-order valence-electron chi connectivity index (χ1n) is 7.06. The lowest BCUT2D eigenvalue weighted by molar-refractivity contribution is -0.131. The average molecular weight is 328 g/mol. The third-order valence-corrected chi connectivity index (χ3v) is 3.28. The van der Waals surface area contributed by atoms with Gasteiger partial charge in [0, 0.05) is 12.5 Å². The quantitative estimate of drug-likeness (QED) is 0.634. The molecule has 0 amide bonds. The van der Waals surface area contributed by atoms with Crippen LogP contribution in [0.2, 0.25) is 0 Å². The Kier molecular flexibility index (Phi) is 5.31. The van der Waals surface area contributed by atoms with Gasteiger partial charge in [0.25, 0.3) is 0 Å². The molecule has 124 valence electrons. The Morgan fingerprint density at radius 2 is 1.38 bits per heavy atom. The van der Waals surface area contributed by atoms with E-state index in [0.29, 0.717) is 11.1 Å². The molecule has 0 bridgehead atoms. The highest BCUT2D eigenvalue weighted by molar-refractivity contribution is 6.03. The van der Waals surface area contributed by atoms with E-state index >= 15 is 0 Å². The van der Waals surface area contributed by atoms with Gasteiger partial charge in [0.05, 0.1) is 25.3 Å². The minimum atomic E-state index is -0.570. The van der Waals surface area contributed by atoms with Crippen molar-refractivity contribution in [1.82, 2.24) is 0 Å². The summed E-state index contributed by atoms with van der Waals surface area (Å²) >= 11 is 0. The van der Waals surface area contributed by atoms with Crippen molar-refractivity contribution in [2.24, 2.45) is 0 Å². The van der Waals surface area contributed by atoms with Crippen molar-refractivity contribution in [3.63, 3.8) is 0 Å². The summed E-state index contributed by atoms with van der Waals surface area (Å²) in [5, 5.41) is 0. The average Bonchev–Trinajstić information content (AvgIpc) is 2.59. The Labute approximate surface area is 139 Å². The van der Waals surface area contributed by atoms with Crippen molar-refractivity contribution in [2.45, 2.75) is 6.92 Å². The number of hydrogen-bond donors (Lipinski definition) is 0. The van der Waals surface area contributed by atoms with Crippen molar-refractivity contribution >= 4 is 17.9 Å². The summed E-state index contributed by atoms with van der Waals surface area (Å²) in [4.78, 5) is 35.2. The number of methoxy groups -OCH3 is 2. The predicted octanol–water partition coefficient (Wildman–Crippen LogP) is 2.85. The number of rotatable bonds is 4. The fourth-order valence-electron chi connectivity index (χ4n) is 2.27. The number of benzene rings is 2. The number of esters is 3. The number of carbonyl (C=O) groups is 3. The first-order valence-corrected chi connectivity index (χ1v) is 7.06. The van der Waals surface area contributed by atoms with Crippen LogP contribution in [0.25, 0.3) is 11.1 Å². The molecule has 0 N–H and O–H groups in total. The molecule has 2 aromatic carbocycles. The summed E-state index contributed by atoms with van der Waals surface area (Å²) in [5.41, 5.74) is 1.40. The van der Waals surface area contributed by atoms with Crippen LogP contribution in [0.5, 0.6) is 5.75 Å². The minimum Gasteiger partial charge on any atom is -0.465 e. The van der Waals surface area contributed by atoms with Gasteiger partial charge in [0.15, 0.2) is 0 Å². The Hall–Kier alpha value is -3.15. The van der Waals surface area contributed by atoms with Crippen molar-refractivity contribution in [2.75, 3.05) is 14.2 Å². The van der Waals surface area contributed by atoms with E-state index in [2.05, 4.69) is 0 Å². The molecule has 2 rings (SSSR count). The lowest BCUT2D eigenvalue weighted by Gasteiger charge is -2.13. The molecule has 0 aliphatic heterocycles. The van der Waals surface area contributed by atoms with Crippen molar-refractivity contribution in [3.8, 4) is 16.9 Å². The first kappa shape index (κ1) is 17.2. The molecule has 0 radical (unpaired) electrons. The Bertz CT molecular complexity index is 794. The molecule has 0 saturated carbocycles. The second kappa shape index (κ2) is 7.41. The second-order valence-corrected chi connectivity index (χ2v) is 4.83. The molecule has 0 fully saturated rings. The molecule has 0 heterocycles. The number of hydrogen-bond acceptors (Lipinski definition) is 6. The van der Waals surface area contributed by atoms with Crippen molar-refractivity contribution < 1.29 is 28.6 Å². The van der Waals surface area contributed by atoms with Crippen LogP contribution in [0.1, 0.15) is 27.6 Å². The van der Waals surface area contributed by atoms with E-state index in [1.807, 2.05) is 0 Å². The van der Waals surface area contributed by atoms with Gasteiger partial charge in [-0.2, -0.15) is 0 Å². The topological polar surface area (TPSA) is 78.9 Å². The van der Waals surface area contributed by atoms with E-state index in [0.717, 1.165) is 0 Å². The molecule has 6 heteroatoms. The zero-order valence-electron chi connectivity index (χ0n) is 13.5. The molecular formula is C18H16O6. The van der Waals surface area contributed by atoms with Crippen LogP contribution < -0.4 is 4.74 Å². The normalized spacial score (nSPS) is 9.96. The highest BCUT2D eigenvalue weighted by Gasteiger charge is 2.20. The molecule has 0 saturated heterocycles. The highest BCUT2D eigenvalue weighted by Crippen LogP contribution is 2.31. The van der Waals surface area contributed by atoms with Gasteiger partial charge in [0.1, 0.15) is 5.75 Å². The molecule has 0 spiro atoms. The van der Waals surface area contributed by atoms with Gasteiger partial charge in [-0.3, -0.25) is 4.79 Å². The van der Waals surface area contributed by atoms with Gasteiger partial charge in [-0.05, 0) is 29.8 Å². The maximum absolute atomic E-state index is 12.0. The second-order valence-electron chi connectivity index (χ2n) is 4.83. The summed E-state index contributed by atoms with van der Waals surface area (Å²) in [7, 11) is 2.54. The summed E-state index contributed by atoms with van der Waals surface area (Å²) in [6, 6.07) is 11.1. The Morgan fingerprint density at radius 3 is 1.96 bits per heavy atom. The van der Waals surface area contributed by atoms with Crippen LogP contribution in [-0.2, 0) is 14.3 Å². The smallest absolute Gasteiger partial charge is 0.338 e. The van der Waals surface area contributed by atoms with Crippen LogP contribution >= 0.6 is 0 Å². The van der Waals surface area contributed by atoms with Gasteiger partial charge in [-0.1, -0.05) is 18.2 Å². The molecule has 0 unspecified atom stereocenters. The van der Waals surface area contributed by atoms with E-state index in [1.165, 1.54) is 39.3 Å². The number of ether oxygens (including phenoxy) is 3. The lowest BCUT2D eigenvalue weighted by Crippen LogP contribution is -2.08. The van der Waals surface area contributed by atoms with E-state index in [-0.39, 0.29) is 16.9 Å². The predicted molar refractivity (Wildman–Crippen MR) is 85.9 cm³/mol. The van der Waals surface area contributed by atoms with Crippen LogP contribution in [-0.4, -0.2) is 32.1 Å². The van der Waals surface area contributed by atoms with Crippen LogP contribution in [0, 0.1) is 0 Å². The summed E-state index contributed by atoms with van der Waals surface area (Å²) in [6.45, 7) is 1.27. The van der Waals surface area contributed by atoms with Crippen molar-refractivity contribution in [1.29, 1.82) is 0 Å². The third kappa shape index (κ3) is 3.60. The number of carbonyl (C=O) groups excluding carboxylic acids is 3. The zero-order chi connectivity index (χ0) is 17.7. The van der Waals surface area contributed by atoms with Crippen LogP contribution in [0.4, 0.5) is 0 Å².